The zero-order valence-electron chi connectivity index (χ0n) is 17.3. The first kappa shape index (κ1) is 21.7. The number of nitrogens with two attached hydrogens (primary N) is 1. The monoisotopic (exact) mass is 455 g/mol. The van der Waals surface area contributed by atoms with Gasteiger partial charge in [0.15, 0.2) is 6.61 Å². The zero-order chi connectivity index (χ0) is 23.0. The van der Waals surface area contributed by atoms with Crippen molar-refractivity contribution in [2.24, 2.45) is 5.73 Å². The van der Waals surface area contributed by atoms with E-state index in [9.17, 15) is 24.0 Å². The highest BCUT2D eigenvalue weighted by Crippen LogP contribution is 2.37. The molecule has 1 aliphatic heterocycles. The van der Waals surface area contributed by atoms with E-state index in [2.05, 4.69) is 5.32 Å². The van der Waals surface area contributed by atoms with Gasteiger partial charge in [0.1, 0.15) is 11.0 Å². The van der Waals surface area contributed by atoms with Gasteiger partial charge in [0.2, 0.25) is 0 Å². The molecule has 0 spiro atoms. The highest BCUT2D eigenvalue weighted by Gasteiger charge is 2.41. The van der Waals surface area contributed by atoms with E-state index < -0.39 is 42.2 Å². The molecule has 1 atom stereocenters. The maximum absolute atomic E-state index is 12.5. The number of esters is 1. The van der Waals surface area contributed by atoms with E-state index in [1.54, 1.807) is 12.1 Å². The van der Waals surface area contributed by atoms with Gasteiger partial charge in [0.05, 0.1) is 16.7 Å². The lowest BCUT2D eigenvalue weighted by Gasteiger charge is -2.20. The van der Waals surface area contributed by atoms with Crippen LogP contribution in [0.4, 0.5) is 5.00 Å². The number of nitrogens with zero attached hydrogens (tertiary/aromatic N) is 1. The fourth-order valence-electron chi connectivity index (χ4n) is 4.00. The van der Waals surface area contributed by atoms with Crippen LogP contribution in [0.1, 0.15) is 61.3 Å². The number of carbonyl (C=O) groups excluding carboxylic acids is 5. The highest BCUT2D eigenvalue weighted by atomic mass is 32.1. The third kappa shape index (κ3) is 3.77. The largest absolute Gasteiger partial charge is 0.454 e. The number of carbonyl (C=O) groups is 5. The lowest BCUT2D eigenvalue weighted by Crippen LogP contribution is -2.44. The van der Waals surface area contributed by atoms with Gasteiger partial charge in [-0.3, -0.25) is 24.1 Å². The van der Waals surface area contributed by atoms with Crippen LogP contribution < -0.4 is 11.1 Å². The van der Waals surface area contributed by atoms with Crippen LogP contribution in [0.3, 0.4) is 0 Å². The predicted molar refractivity (Wildman–Crippen MR) is 115 cm³/mol. The number of rotatable bonds is 6. The predicted octanol–water partition coefficient (Wildman–Crippen LogP) is 1.89. The van der Waals surface area contributed by atoms with Crippen molar-refractivity contribution in [3.63, 3.8) is 0 Å². The van der Waals surface area contributed by atoms with Crippen LogP contribution in [0.15, 0.2) is 24.3 Å². The molecule has 2 heterocycles. The summed E-state index contributed by atoms with van der Waals surface area (Å²) in [5.74, 6) is -3.33. The van der Waals surface area contributed by atoms with Gasteiger partial charge < -0.3 is 15.8 Å². The normalized spacial score (nSPS) is 15.7. The van der Waals surface area contributed by atoms with Gasteiger partial charge in [-0.25, -0.2) is 4.79 Å². The third-order valence-corrected chi connectivity index (χ3v) is 6.78. The van der Waals surface area contributed by atoms with Gasteiger partial charge >= 0.3 is 5.97 Å². The fourth-order valence-corrected chi connectivity index (χ4v) is 5.31. The van der Waals surface area contributed by atoms with Crippen molar-refractivity contribution in [3.8, 4) is 0 Å². The lowest BCUT2D eigenvalue weighted by atomic mass is 9.95. The Morgan fingerprint density at radius 1 is 1.12 bits per heavy atom. The Morgan fingerprint density at radius 3 is 2.38 bits per heavy atom. The van der Waals surface area contributed by atoms with Crippen LogP contribution in [0.5, 0.6) is 0 Å². The molecule has 9 nitrogen and oxygen atoms in total. The molecule has 10 heteroatoms. The minimum atomic E-state index is -1.20. The average molecular weight is 455 g/mol. The van der Waals surface area contributed by atoms with Crippen LogP contribution >= 0.6 is 11.3 Å². The van der Waals surface area contributed by atoms with Crippen molar-refractivity contribution >= 4 is 45.9 Å². The Hall–Kier alpha value is -3.53. The first-order valence-electron chi connectivity index (χ1n) is 10.2. The van der Waals surface area contributed by atoms with E-state index in [1.807, 2.05) is 0 Å². The van der Waals surface area contributed by atoms with Gasteiger partial charge in [-0.05, 0) is 50.3 Å². The Bertz CT molecular complexity index is 1120. The van der Waals surface area contributed by atoms with Gasteiger partial charge in [0, 0.05) is 4.88 Å². The van der Waals surface area contributed by atoms with Crippen molar-refractivity contribution in [3.05, 3.63) is 51.4 Å². The van der Waals surface area contributed by atoms with Crippen LogP contribution in [-0.4, -0.2) is 47.1 Å². The molecule has 3 N–H and O–H groups in total. The summed E-state index contributed by atoms with van der Waals surface area (Å²) in [5, 5.41) is 2.94. The highest BCUT2D eigenvalue weighted by molar-refractivity contribution is 7.17. The van der Waals surface area contributed by atoms with E-state index >= 15 is 0 Å². The molecule has 2 aliphatic rings. The smallest absolute Gasteiger partial charge is 0.329 e. The number of ether oxygens (including phenoxy) is 1. The van der Waals surface area contributed by atoms with Crippen LogP contribution in [0.25, 0.3) is 0 Å². The van der Waals surface area contributed by atoms with Gasteiger partial charge in [-0.2, -0.15) is 0 Å². The van der Waals surface area contributed by atoms with Crippen molar-refractivity contribution in [2.75, 3.05) is 11.9 Å². The number of amides is 4. The van der Waals surface area contributed by atoms with Crippen molar-refractivity contribution in [1.82, 2.24) is 4.90 Å². The Kier molecular flexibility index (Phi) is 5.79. The van der Waals surface area contributed by atoms with Gasteiger partial charge in [0.25, 0.3) is 23.6 Å². The minimum absolute atomic E-state index is 0.218. The molecule has 0 fully saturated rings. The lowest BCUT2D eigenvalue weighted by molar-refractivity contribution is -0.150. The van der Waals surface area contributed by atoms with E-state index in [0.29, 0.717) is 10.6 Å². The second kappa shape index (κ2) is 8.54. The van der Waals surface area contributed by atoms with Crippen molar-refractivity contribution in [2.45, 2.75) is 38.6 Å². The number of thiophene rings is 1. The topological polar surface area (TPSA) is 136 Å². The molecular formula is C22H21N3O6S. The number of primary amides is 1. The number of hydrogen-bond donors (Lipinski definition) is 2. The maximum atomic E-state index is 12.5. The van der Waals surface area contributed by atoms with Crippen molar-refractivity contribution < 1.29 is 28.7 Å². The quantitative estimate of drug-likeness (QED) is 0.504. The zero-order valence-corrected chi connectivity index (χ0v) is 18.1. The molecule has 166 valence electrons. The Labute approximate surface area is 187 Å². The standard InChI is InChI=1S/C22H21N3O6S/c1-11(25-20(28)12-6-2-3-7-13(12)21(25)29)22(30)31-10-16(26)24-19-17(18(23)27)14-8-4-5-9-15(14)32-19/h2-3,6-7,11H,4-5,8-10H2,1H3,(H2,23,27)(H,24,26). The number of aryl methyl sites for hydroxylation is 1. The van der Waals surface area contributed by atoms with Crippen molar-refractivity contribution in [1.29, 1.82) is 0 Å². The van der Waals surface area contributed by atoms with Crippen LogP contribution in [0, 0.1) is 0 Å². The first-order valence-corrected chi connectivity index (χ1v) is 11.0. The van der Waals surface area contributed by atoms with Crippen LogP contribution in [-0.2, 0) is 27.2 Å². The molecule has 1 aromatic heterocycles. The average Bonchev–Trinajstić information content (AvgIpc) is 3.26. The molecule has 4 amide bonds. The number of anilines is 1. The molecule has 4 rings (SSSR count). The molecule has 2 aromatic rings. The number of hydrogen-bond acceptors (Lipinski definition) is 7. The second-order valence-electron chi connectivity index (χ2n) is 7.64. The molecule has 1 aromatic carbocycles. The Morgan fingerprint density at radius 2 is 1.75 bits per heavy atom. The van der Waals surface area contributed by atoms with E-state index in [4.69, 9.17) is 10.5 Å². The molecule has 0 saturated carbocycles. The van der Waals surface area contributed by atoms with E-state index in [0.717, 1.165) is 41.0 Å². The number of fused-ring (bicyclic) bond motifs is 2. The van der Waals surface area contributed by atoms with Crippen LogP contribution in [0.2, 0.25) is 0 Å². The molecule has 0 radical (unpaired) electrons. The number of nitrogens with one attached hydrogen (secondary N) is 1. The third-order valence-electron chi connectivity index (χ3n) is 5.57. The molecule has 32 heavy (non-hydrogen) atoms. The number of imide groups is 1. The molecule has 1 unspecified atom stereocenters. The summed E-state index contributed by atoms with van der Waals surface area (Å²) in [7, 11) is 0. The summed E-state index contributed by atoms with van der Waals surface area (Å²) in [5.41, 5.74) is 7.13. The Balaban J connectivity index is 1.39. The maximum Gasteiger partial charge on any atom is 0.329 e. The second-order valence-corrected chi connectivity index (χ2v) is 8.74. The SMILES string of the molecule is CC(C(=O)OCC(=O)Nc1sc2c(c1C(N)=O)CCCC2)N1C(=O)c2ccccc2C1=O. The first-order chi connectivity index (χ1) is 15.3. The van der Waals surface area contributed by atoms with Gasteiger partial charge in [-0.1, -0.05) is 12.1 Å². The molecular weight excluding hydrogens is 434 g/mol. The van der Waals surface area contributed by atoms with Gasteiger partial charge in [-0.15, -0.1) is 11.3 Å². The summed E-state index contributed by atoms with van der Waals surface area (Å²) in [4.78, 5) is 63.6. The summed E-state index contributed by atoms with van der Waals surface area (Å²) >= 11 is 1.30. The molecule has 0 bridgehead atoms. The fraction of sp³-hybridized carbons (Fsp3) is 0.318. The molecule has 0 saturated heterocycles. The summed E-state index contributed by atoms with van der Waals surface area (Å²) < 4.78 is 5.04. The van der Waals surface area contributed by atoms with E-state index in [-0.39, 0.29) is 11.1 Å². The molecule has 1 aliphatic carbocycles. The summed E-state index contributed by atoms with van der Waals surface area (Å²) in [6.07, 6.45) is 3.51. The van der Waals surface area contributed by atoms with E-state index in [1.165, 1.54) is 30.4 Å². The summed E-state index contributed by atoms with van der Waals surface area (Å²) in [6, 6.07) is 5.08. The summed E-state index contributed by atoms with van der Waals surface area (Å²) in [6.45, 7) is 0.730. The minimum Gasteiger partial charge on any atom is -0.454 e. The number of benzene rings is 1.